The number of rotatable bonds is 6. The Morgan fingerprint density at radius 1 is 0.344 bits per heavy atom. The van der Waals surface area contributed by atoms with Crippen molar-refractivity contribution in [1.82, 2.24) is 0 Å². The van der Waals surface area contributed by atoms with Crippen molar-refractivity contribution in [2.24, 2.45) is 0 Å². The summed E-state index contributed by atoms with van der Waals surface area (Å²) in [6.07, 6.45) is 0. The SMILES string of the molecule is CC1(C)c2cc(-c3cc4ccccc4c4ccccc34)ccc2-c2ccc(N(c3cccc(-c4ccc5oc6ccccc6c5c4)c3)c3ccccc3-c3ccccc3)cc21. The van der Waals surface area contributed by atoms with Crippen LogP contribution in [0.5, 0.6) is 0 Å². The molecule has 2 nitrogen and oxygen atoms in total. The van der Waals surface area contributed by atoms with Crippen molar-refractivity contribution in [2.45, 2.75) is 19.3 Å². The van der Waals surface area contributed by atoms with Gasteiger partial charge < -0.3 is 9.32 Å². The number of nitrogens with zero attached hydrogens (tertiary/aromatic N) is 1. The van der Waals surface area contributed by atoms with Crippen LogP contribution in [-0.4, -0.2) is 0 Å². The molecule has 1 heterocycles. The fraction of sp³-hybridized carbons (Fsp3) is 0.0508. The molecule has 0 bridgehead atoms. The molecule has 2 heteroatoms. The predicted octanol–water partition coefficient (Wildman–Crippen LogP) is 16.7. The highest BCUT2D eigenvalue weighted by Gasteiger charge is 2.36. The molecule has 0 saturated heterocycles. The monoisotopic (exact) mass is 779 g/mol. The van der Waals surface area contributed by atoms with E-state index in [1.54, 1.807) is 0 Å². The first-order chi connectivity index (χ1) is 30.0. The van der Waals surface area contributed by atoms with Crippen LogP contribution in [0.4, 0.5) is 17.1 Å². The highest BCUT2D eigenvalue weighted by Crippen LogP contribution is 2.53. The standard InChI is InChI=1S/C59H41NO/c1-59(2)54-36-42(52-35-41-17-6-7-20-45(41)47-22-8-9-23-48(47)52)27-30-49(54)50-31-29-44(37-55(50)59)60(56-25-12-10-21-46(56)38-15-4-3-5-16-38)43-19-14-18-39(33-43)40-28-32-58-53(34-40)51-24-11-13-26-57(51)61-58/h3-37H,1-2H3. The Kier molecular flexibility index (Phi) is 7.92. The van der Waals surface area contributed by atoms with E-state index in [0.717, 1.165) is 50.1 Å². The Hall–Kier alpha value is -7.68. The summed E-state index contributed by atoms with van der Waals surface area (Å²) in [6.45, 7) is 4.78. The molecule has 10 aromatic carbocycles. The van der Waals surface area contributed by atoms with Gasteiger partial charge in [-0.2, -0.15) is 0 Å². The number of hydrogen-bond donors (Lipinski definition) is 0. The number of para-hydroxylation sites is 2. The van der Waals surface area contributed by atoms with E-state index >= 15 is 0 Å². The third-order valence-corrected chi connectivity index (χ3v) is 13.0. The Morgan fingerprint density at radius 2 is 0.967 bits per heavy atom. The summed E-state index contributed by atoms with van der Waals surface area (Å²) in [4.78, 5) is 2.45. The third kappa shape index (κ3) is 5.64. The normalized spacial score (nSPS) is 12.9. The quantitative estimate of drug-likeness (QED) is 0.156. The summed E-state index contributed by atoms with van der Waals surface area (Å²) in [5, 5.41) is 7.39. The maximum absolute atomic E-state index is 6.21. The average Bonchev–Trinajstić information content (AvgIpc) is 3.80. The van der Waals surface area contributed by atoms with E-state index in [1.165, 1.54) is 66.1 Å². The van der Waals surface area contributed by atoms with Gasteiger partial charge in [-0.3, -0.25) is 0 Å². The van der Waals surface area contributed by atoms with E-state index in [0.29, 0.717) is 0 Å². The van der Waals surface area contributed by atoms with Crippen LogP contribution in [0.15, 0.2) is 217 Å². The topological polar surface area (TPSA) is 16.4 Å². The smallest absolute Gasteiger partial charge is 0.135 e. The van der Waals surface area contributed by atoms with Crippen LogP contribution < -0.4 is 4.90 Å². The van der Waals surface area contributed by atoms with Crippen molar-refractivity contribution < 1.29 is 4.42 Å². The Labute approximate surface area is 355 Å². The maximum atomic E-state index is 6.21. The minimum Gasteiger partial charge on any atom is -0.456 e. The molecule has 1 aromatic heterocycles. The van der Waals surface area contributed by atoms with Crippen molar-refractivity contribution in [3.63, 3.8) is 0 Å². The van der Waals surface area contributed by atoms with E-state index in [1.807, 2.05) is 12.1 Å². The molecule has 0 radical (unpaired) electrons. The Morgan fingerprint density at radius 3 is 1.84 bits per heavy atom. The molecule has 0 amide bonds. The van der Waals surface area contributed by atoms with Gasteiger partial charge in [0.2, 0.25) is 0 Å². The molecule has 0 aliphatic heterocycles. The highest BCUT2D eigenvalue weighted by molar-refractivity contribution is 6.14. The van der Waals surface area contributed by atoms with Gasteiger partial charge in [0.05, 0.1) is 5.69 Å². The third-order valence-electron chi connectivity index (χ3n) is 13.0. The van der Waals surface area contributed by atoms with Crippen LogP contribution in [0.25, 0.3) is 88.0 Å². The fourth-order valence-corrected chi connectivity index (χ4v) is 10.0. The molecule has 0 atom stereocenters. The first-order valence-corrected chi connectivity index (χ1v) is 21.2. The lowest BCUT2D eigenvalue weighted by Gasteiger charge is -2.30. The second kappa shape index (κ2) is 13.7. The lowest BCUT2D eigenvalue weighted by Crippen LogP contribution is -2.17. The van der Waals surface area contributed by atoms with Crippen LogP contribution in [0.1, 0.15) is 25.0 Å². The van der Waals surface area contributed by atoms with Crippen LogP contribution in [0, 0.1) is 0 Å². The molecule has 1 aliphatic rings. The largest absolute Gasteiger partial charge is 0.456 e. The van der Waals surface area contributed by atoms with Gasteiger partial charge in [0.25, 0.3) is 0 Å². The molecule has 0 spiro atoms. The minimum absolute atomic E-state index is 0.238. The van der Waals surface area contributed by atoms with Crippen LogP contribution in [0.3, 0.4) is 0 Å². The molecule has 288 valence electrons. The van der Waals surface area contributed by atoms with Gasteiger partial charge >= 0.3 is 0 Å². The zero-order valence-corrected chi connectivity index (χ0v) is 34.1. The van der Waals surface area contributed by atoms with Gasteiger partial charge in [-0.25, -0.2) is 0 Å². The Balaban J connectivity index is 1.00. The summed E-state index contributed by atoms with van der Waals surface area (Å²) in [7, 11) is 0. The molecule has 1 aliphatic carbocycles. The number of furan rings is 1. The zero-order chi connectivity index (χ0) is 40.7. The van der Waals surface area contributed by atoms with Crippen LogP contribution >= 0.6 is 0 Å². The fourth-order valence-electron chi connectivity index (χ4n) is 10.0. The minimum atomic E-state index is -0.238. The van der Waals surface area contributed by atoms with Crippen molar-refractivity contribution in [3.05, 3.63) is 223 Å². The van der Waals surface area contributed by atoms with Crippen molar-refractivity contribution in [2.75, 3.05) is 4.90 Å². The molecule has 11 aromatic rings. The maximum Gasteiger partial charge on any atom is 0.135 e. The second-order valence-corrected chi connectivity index (χ2v) is 16.9. The molecule has 0 unspecified atom stereocenters. The molecular formula is C59H41NO. The molecule has 0 saturated carbocycles. The lowest BCUT2D eigenvalue weighted by atomic mass is 9.81. The average molecular weight is 780 g/mol. The highest BCUT2D eigenvalue weighted by atomic mass is 16.3. The van der Waals surface area contributed by atoms with Gasteiger partial charge in [-0.15, -0.1) is 0 Å². The lowest BCUT2D eigenvalue weighted by molar-refractivity contribution is 0.660. The van der Waals surface area contributed by atoms with Crippen LogP contribution in [-0.2, 0) is 5.41 Å². The van der Waals surface area contributed by atoms with Crippen molar-refractivity contribution in [1.29, 1.82) is 0 Å². The first-order valence-electron chi connectivity index (χ1n) is 21.2. The van der Waals surface area contributed by atoms with Crippen molar-refractivity contribution >= 4 is 60.5 Å². The van der Waals surface area contributed by atoms with E-state index < -0.39 is 0 Å². The second-order valence-electron chi connectivity index (χ2n) is 16.9. The Bertz CT molecular complexity index is 3520. The summed E-state index contributed by atoms with van der Waals surface area (Å²) >= 11 is 0. The zero-order valence-electron chi connectivity index (χ0n) is 34.1. The van der Waals surface area contributed by atoms with E-state index in [4.69, 9.17) is 4.42 Å². The molecular weight excluding hydrogens is 739 g/mol. The summed E-state index contributed by atoms with van der Waals surface area (Å²) in [5.41, 5.74) is 17.4. The van der Waals surface area contributed by atoms with Gasteiger partial charge in [-0.1, -0.05) is 166 Å². The molecule has 0 fully saturated rings. The summed E-state index contributed by atoms with van der Waals surface area (Å²) in [6, 6.07) is 77.5. The predicted molar refractivity (Wildman–Crippen MR) is 257 cm³/mol. The van der Waals surface area contributed by atoms with Crippen LogP contribution in [0.2, 0.25) is 0 Å². The number of benzene rings is 10. The number of fused-ring (bicyclic) bond motifs is 9. The molecule has 61 heavy (non-hydrogen) atoms. The summed E-state index contributed by atoms with van der Waals surface area (Å²) < 4.78 is 6.21. The van der Waals surface area contributed by atoms with Gasteiger partial charge in [0.1, 0.15) is 11.2 Å². The van der Waals surface area contributed by atoms with Gasteiger partial charge in [0, 0.05) is 33.1 Å². The molecule has 0 N–H and O–H groups in total. The van der Waals surface area contributed by atoms with E-state index in [9.17, 15) is 0 Å². The summed E-state index contributed by atoms with van der Waals surface area (Å²) in [5.74, 6) is 0. The van der Waals surface area contributed by atoms with E-state index in [2.05, 4.69) is 219 Å². The molecule has 12 rings (SSSR count). The van der Waals surface area contributed by atoms with Crippen molar-refractivity contribution in [3.8, 4) is 44.5 Å². The van der Waals surface area contributed by atoms with E-state index in [-0.39, 0.29) is 5.41 Å². The first kappa shape index (κ1) is 35.3. The van der Waals surface area contributed by atoms with Gasteiger partial charge in [0.15, 0.2) is 0 Å². The van der Waals surface area contributed by atoms with Gasteiger partial charge in [-0.05, 0) is 132 Å². The number of hydrogen-bond acceptors (Lipinski definition) is 2. The number of anilines is 3.